The summed E-state index contributed by atoms with van der Waals surface area (Å²) in [6.07, 6.45) is 2.71. The average molecular weight is 170 g/mol. The number of rotatable bonds is 0. The Morgan fingerprint density at radius 1 is 0.917 bits per heavy atom. The van der Waals surface area contributed by atoms with E-state index in [1.165, 1.54) is 25.9 Å². The molecule has 2 heteroatoms. The van der Waals surface area contributed by atoms with Crippen LogP contribution in [-0.4, -0.2) is 26.2 Å². The van der Waals surface area contributed by atoms with Gasteiger partial charge >= 0.3 is 0 Å². The molecule has 12 heavy (non-hydrogen) atoms. The Labute approximate surface area is 76.1 Å². The summed E-state index contributed by atoms with van der Waals surface area (Å²) in [6.45, 7) is 9.33. The average Bonchev–Trinajstić information content (AvgIpc) is 2.02. The third-order valence-electron chi connectivity index (χ3n) is 2.59. The Balaban J connectivity index is 2.24. The summed E-state index contributed by atoms with van der Waals surface area (Å²) >= 11 is 0. The van der Waals surface area contributed by atoms with E-state index in [9.17, 15) is 0 Å². The smallest absolute Gasteiger partial charge is 0.00768 e. The molecule has 1 heterocycles. The van der Waals surface area contributed by atoms with Crippen molar-refractivity contribution in [3.05, 3.63) is 0 Å². The molecule has 0 aromatic heterocycles. The summed E-state index contributed by atoms with van der Waals surface area (Å²) in [7, 11) is 0. The molecular formula is C10H22N2. The first-order valence-corrected chi connectivity index (χ1v) is 5.20. The van der Waals surface area contributed by atoms with Crippen molar-refractivity contribution < 1.29 is 0 Å². The molecule has 0 aliphatic carbocycles. The zero-order valence-corrected chi connectivity index (χ0v) is 8.40. The lowest BCUT2D eigenvalue weighted by atomic mass is 9.94. The summed E-state index contributed by atoms with van der Waals surface area (Å²) in [4.78, 5) is 0. The SMILES string of the molecule is CC1CCNCCNCC(C)C1. The molecule has 1 aliphatic heterocycles. The van der Waals surface area contributed by atoms with E-state index in [2.05, 4.69) is 24.5 Å². The second kappa shape index (κ2) is 5.55. The summed E-state index contributed by atoms with van der Waals surface area (Å²) in [6, 6.07) is 0. The van der Waals surface area contributed by atoms with Crippen LogP contribution in [0.1, 0.15) is 26.7 Å². The quantitative estimate of drug-likeness (QED) is 0.571. The zero-order chi connectivity index (χ0) is 8.81. The van der Waals surface area contributed by atoms with Crippen LogP contribution in [-0.2, 0) is 0 Å². The summed E-state index contributed by atoms with van der Waals surface area (Å²) < 4.78 is 0. The third kappa shape index (κ3) is 4.07. The Bertz CT molecular complexity index is 102. The van der Waals surface area contributed by atoms with Crippen LogP contribution in [0.2, 0.25) is 0 Å². The Morgan fingerprint density at radius 2 is 1.67 bits per heavy atom. The molecule has 0 radical (unpaired) electrons. The highest BCUT2D eigenvalue weighted by atomic mass is 14.9. The van der Waals surface area contributed by atoms with Crippen molar-refractivity contribution in [3.8, 4) is 0 Å². The molecule has 2 nitrogen and oxygen atoms in total. The van der Waals surface area contributed by atoms with Gasteiger partial charge in [0.05, 0.1) is 0 Å². The molecule has 0 spiro atoms. The number of hydrogen-bond donors (Lipinski definition) is 2. The fraction of sp³-hybridized carbons (Fsp3) is 1.00. The van der Waals surface area contributed by atoms with Crippen molar-refractivity contribution in [1.82, 2.24) is 10.6 Å². The third-order valence-corrected chi connectivity index (χ3v) is 2.59. The van der Waals surface area contributed by atoms with Crippen LogP contribution in [0.25, 0.3) is 0 Å². The summed E-state index contributed by atoms with van der Waals surface area (Å²) in [5.41, 5.74) is 0. The van der Waals surface area contributed by atoms with Gasteiger partial charge in [-0.1, -0.05) is 13.8 Å². The predicted octanol–water partition coefficient (Wildman–Crippen LogP) is 1.23. The Kier molecular flexibility index (Phi) is 4.62. The van der Waals surface area contributed by atoms with Crippen molar-refractivity contribution in [2.75, 3.05) is 26.2 Å². The monoisotopic (exact) mass is 170 g/mol. The minimum Gasteiger partial charge on any atom is -0.315 e. The van der Waals surface area contributed by atoms with E-state index in [4.69, 9.17) is 0 Å². The lowest BCUT2D eigenvalue weighted by Crippen LogP contribution is -2.33. The van der Waals surface area contributed by atoms with Crippen molar-refractivity contribution >= 4 is 0 Å². The van der Waals surface area contributed by atoms with E-state index >= 15 is 0 Å². The molecule has 1 saturated heterocycles. The summed E-state index contributed by atoms with van der Waals surface area (Å²) in [5, 5.41) is 6.90. The van der Waals surface area contributed by atoms with Crippen molar-refractivity contribution in [1.29, 1.82) is 0 Å². The van der Waals surface area contributed by atoms with Crippen LogP contribution in [0.3, 0.4) is 0 Å². The van der Waals surface area contributed by atoms with E-state index in [0.29, 0.717) is 0 Å². The van der Waals surface area contributed by atoms with Gasteiger partial charge in [-0.3, -0.25) is 0 Å². The molecule has 0 aromatic rings. The topological polar surface area (TPSA) is 24.1 Å². The standard InChI is InChI=1S/C10H22N2/c1-9-3-4-11-5-6-12-8-10(2)7-9/h9-12H,3-8H2,1-2H3. The van der Waals surface area contributed by atoms with E-state index in [1.54, 1.807) is 0 Å². The van der Waals surface area contributed by atoms with E-state index in [1.807, 2.05) is 0 Å². The molecule has 2 N–H and O–H groups in total. The predicted molar refractivity (Wildman–Crippen MR) is 53.3 cm³/mol. The van der Waals surface area contributed by atoms with Crippen LogP contribution in [0.4, 0.5) is 0 Å². The van der Waals surface area contributed by atoms with Crippen molar-refractivity contribution in [2.45, 2.75) is 26.7 Å². The highest BCUT2D eigenvalue weighted by molar-refractivity contribution is 4.66. The lowest BCUT2D eigenvalue weighted by molar-refractivity contribution is 0.360. The molecule has 72 valence electrons. The fourth-order valence-electron chi connectivity index (χ4n) is 1.89. The molecule has 0 aromatic carbocycles. The number of nitrogens with one attached hydrogen (secondary N) is 2. The van der Waals surface area contributed by atoms with Crippen LogP contribution in [0.15, 0.2) is 0 Å². The van der Waals surface area contributed by atoms with Gasteiger partial charge in [-0.25, -0.2) is 0 Å². The second-order valence-corrected chi connectivity index (χ2v) is 4.19. The van der Waals surface area contributed by atoms with E-state index in [0.717, 1.165) is 24.9 Å². The Morgan fingerprint density at radius 3 is 2.50 bits per heavy atom. The largest absolute Gasteiger partial charge is 0.315 e. The van der Waals surface area contributed by atoms with Crippen molar-refractivity contribution in [3.63, 3.8) is 0 Å². The maximum Gasteiger partial charge on any atom is 0.00768 e. The maximum absolute atomic E-state index is 3.46. The molecule has 1 fully saturated rings. The molecule has 0 saturated carbocycles. The molecule has 0 bridgehead atoms. The molecular weight excluding hydrogens is 148 g/mol. The van der Waals surface area contributed by atoms with Gasteiger partial charge in [0.2, 0.25) is 0 Å². The van der Waals surface area contributed by atoms with Gasteiger partial charge in [0.15, 0.2) is 0 Å². The lowest BCUT2D eigenvalue weighted by Gasteiger charge is -2.20. The van der Waals surface area contributed by atoms with Gasteiger partial charge in [0.1, 0.15) is 0 Å². The van der Waals surface area contributed by atoms with Gasteiger partial charge in [0.25, 0.3) is 0 Å². The first-order chi connectivity index (χ1) is 5.79. The highest BCUT2D eigenvalue weighted by Gasteiger charge is 2.09. The molecule has 1 aliphatic rings. The van der Waals surface area contributed by atoms with E-state index < -0.39 is 0 Å². The van der Waals surface area contributed by atoms with Crippen LogP contribution >= 0.6 is 0 Å². The fourth-order valence-corrected chi connectivity index (χ4v) is 1.89. The second-order valence-electron chi connectivity index (χ2n) is 4.19. The molecule has 0 amide bonds. The summed E-state index contributed by atoms with van der Waals surface area (Å²) in [5.74, 6) is 1.73. The highest BCUT2D eigenvalue weighted by Crippen LogP contribution is 2.14. The van der Waals surface area contributed by atoms with Gasteiger partial charge in [-0.15, -0.1) is 0 Å². The van der Waals surface area contributed by atoms with Gasteiger partial charge in [-0.2, -0.15) is 0 Å². The minimum absolute atomic E-state index is 0.845. The first-order valence-electron chi connectivity index (χ1n) is 5.20. The van der Waals surface area contributed by atoms with Gasteiger partial charge < -0.3 is 10.6 Å². The molecule has 2 unspecified atom stereocenters. The van der Waals surface area contributed by atoms with Crippen LogP contribution < -0.4 is 10.6 Å². The van der Waals surface area contributed by atoms with Crippen molar-refractivity contribution in [2.24, 2.45) is 11.8 Å². The first kappa shape index (κ1) is 10.0. The molecule has 2 atom stereocenters. The van der Waals surface area contributed by atoms with Crippen LogP contribution in [0.5, 0.6) is 0 Å². The van der Waals surface area contributed by atoms with E-state index in [-0.39, 0.29) is 0 Å². The van der Waals surface area contributed by atoms with Gasteiger partial charge in [-0.05, 0) is 37.8 Å². The molecule has 1 rings (SSSR count). The number of hydrogen-bond acceptors (Lipinski definition) is 2. The minimum atomic E-state index is 0.845. The van der Waals surface area contributed by atoms with Gasteiger partial charge in [0, 0.05) is 13.1 Å². The normalized spacial score (nSPS) is 34.5. The Hall–Kier alpha value is -0.0800. The maximum atomic E-state index is 3.46. The van der Waals surface area contributed by atoms with Crippen LogP contribution in [0, 0.1) is 11.8 Å². The zero-order valence-electron chi connectivity index (χ0n) is 8.40.